The van der Waals surface area contributed by atoms with Crippen LogP contribution in [0.15, 0.2) is 36.7 Å². The molecule has 0 spiro atoms. The molecule has 1 N–H and O–H groups in total. The lowest BCUT2D eigenvalue weighted by molar-refractivity contribution is 0.0594. The minimum Gasteiger partial charge on any atom is -0.465 e. The Morgan fingerprint density at radius 1 is 1.32 bits per heavy atom. The van der Waals surface area contributed by atoms with Crippen LogP contribution in [0, 0.1) is 17.3 Å². The minimum atomic E-state index is -0.927. The molecule has 0 bridgehead atoms. The van der Waals surface area contributed by atoms with Crippen LogP contribution in [0.3, 0.4) is 0 Å². The Bertz CT molecular complexity index is 1210. The number of fused-ring (bicyclic) bond motifs is 1. The number of carbonyl (C=O) groups excluding carboxylic acids is 1. The van der Waals surface area contributed by atoms with Gasteiger partial charge in [0.2, 0.25) is 5.95 Å². The number of nitrogens with one attached hydrogen (secondary N) is 1. The number of benzene rings is 1. The number of anilines is 3. The summed E-state index contributed by atoms with van der Waals surface area (Å²) in [7, 11) is 1.18. The maximum absolute atomic E-state index is 14.1. The van der Waals surface area contributed by atoms with Gasteiger partial charge in [-0.15, -0.1) is 0 Å². The van der Waals surface area contributed by atoms with E-state index in [-0.39, 0.29) is 11.4 Å². The Morgan fingerprint density at radius 2 is 2.16 bits per heavy atom. The number of carbonyl (C=O) groups is 1. The SMILES string of the molecule is COC(=O)c1ccc(Nc2ncnc3c2CCN(c2ccc(C#N)c(Cl)c2)C3)nc1F. The normalized spacial score (nSPS) is 12.6. The summed E-state index contributed by atoms with van der Waals surface area (Å²) in [6.07, 6.45) is 2.06. The molecule has 0 fully saturated rings. The third kappa shape index (κ3) is 4.11. The van der Waals surface area contributed by atoms with Gasteiger partial charge in [0.15, 0.2) is 0 Å². The smallest absolute Gasteiger partial charge is 0.342 e. The Morgan fingerprint density at radius 3 is 2.87 bits per heavy atom. The van der Waals surface area contributed by atoms with Crippen molar-refractivity contribution in [2.75, 3.05) is 23.9 Å². The molecule has 3 aromatic rings. The monoisotopic (exact) mass is 438 g/mol. The number of hydrogen-bond acceptors (Lipinski definition) is 8. The van der Waals surface area contributed by atoms with E-state index in [1.54, 1.807) is 12.1 Å². The van der Waals surface area contributed by atoms with Crippen molar-refractivity contribution in [3.63, 3.8) is 0 Å². The first-order valence-electron chi connectivity index (χ1n) is 9.29. The van der Waals surface area contributed by atoms with E-state index in [0.717, 1.165) is 16.9 Å². The lowest BCUT2D eigenvalue weighted by Gasteiger charge is -2.30. The van der Waals surface area contributed by atoms with E-state index in [9.17, 15) is 9.18 Å². The van der Waals surface area contributed by atoms with Crippen molar-refractivity contribution in [1.29, 1.82) is 5.26 Å². The number of hydrogen-bond donors (Lipinski definition) is 1. The number of aromatic nitrogens is 3. The van der Waals surface area contributed by atoms with Crippen LogP contribution in [0.2, 0.25) is 5.02 Å². The van der Waals surface area contributed by atoms with E-state index in [1.807, 2.05) is 6.07 Å². The van der Waals surface area contributed by atoms with Gasteiger partial charge in [0.1, 0.15) is 29.6 Å². The van der Waals surface area contributed by atoms with E-state index in [4.69, 9.17) is 16.9 Å². The van der Waals surface area contributed by atoms with Gasteiger partial charge in [-0.25, -0.2) is 19.7 Å². The number of nitriles is 1. The molecule has 10 heteroatoms. The molecule has 0 amide bonds. The van der Waals surface area contributed by atoms with Gasteiger partial charge < -0.3 is 15.0 Å². The summed E-state index contributed by atoms with van der Waals surface area (Å²) in [6.45, 7) is 1.21. The summed E-state index contributed by atoms with van der Waals surface area (Å²) in [6, 6.07) is 10.2. The third-order valence-electron chi connectivity index (χ3n) is 4.95. The first-order valence-corrected chi connectivity index (χ1v) is 9.67. The fraction of sp³-hybridized carbons (Fsp3) is 0.190. The standard InChI is InChI=1S/C21H16ClFN6O2/c1-31-21(30)15-4-5-18(27-19(15)23)28-20-14-6-7-29(10-17(14)25-11-26-20)13-3-2-12(9-24)16(22)8-13/h2-5,8,11H,6-7,10H2,1H3,(H,25,26,27,28). The van der Waals surface area contributed by atoms with Gasteiger partial charge in [0.05, 0.1) is 29.9 Å². The molecule has 1 aliphatic rings. The molecule has 1 aliphatic heterocycles. The molecule has 8 nitrogen and oxygen atoms in total. The Hall–Kier alpha value is -3.77. The minimum absolute atomic E-state index is 0.215. The maximum Gasteiger partial charge on any atom is 0.342 e. The van der Waals surface area contributed by atoms with Crippen LogP contribution in [0.1, 0.15) is 27.2 Å². The van der Waals surface area contributed by atoms with Gasteiger partial charge in [-0.05, 0) is 36.8 Å². The summed E-state index contributed by atoms with van der Waals surface area (Å²) < 4.78 is 18.7. The number of rotatable bonds is 4. The Labute approximate surface area is 182 Å². The lowest BCUT2D eigenvalue weighted by atomic mass is 10.0. The quantitative estimate of drug-likeness (QED) is 0.486. The van der Waals surface area contributed by atoms with Gasteiger partial charge in [-0.3, -0.25) is 0 Å². The molecule has 0 aliphatic carbocycles. The van der Waals surface area contributed by atoms with Crippen LogP contribution in [-0.2, 0) is 17.7 Å². The van der Waals surface area contributed by atoms with Crippen LogP contribution in [0.5, 0.6) is 0 Å². The van der Waals surface area contributed by atoms with Gasteiger partial charge in [0, 0.05) is 17.8 Å². The molecule has 1 aromatic carbocycles. The predicted octanol–water partition coefficient (Wildman–Crippen LogP) is 3.63. The first-order chi connectivity index (χ1) is 15.0. The summed E-state index contributed by atoms with van der Waals surface area (Å²) in [5.41, 5.74) is 2.79. The van der Waals surface area contributed by atoms with Gasteiger partial charge >= 0.3 is 5.97 Å². The molecule has 3 heterocycles. The fourth-order valence-electron chi connectivity index (χ4n) is 3.36. The zero-order valence-electron chi connectivity index (χ0n) is 16.4. The summed E-state index contributed by atoms with van der Waals surface area (Å²) >= 11 is 6.17. The van der Waals surface area contributed by atoms with E-state index >= 15 is 0 Å². The summed E-state index contributed by atoms with van der Waals surface area (Å²) in [5.74, 6) is -0.977. The lowest BCUT2D eigenvalue weighted by Crippen LogP contribution is -2.31. The third-order valence-corrected chi connectivity index (χ3v) is 5.26. The van der Waals surface area contributed by atoms with Crippen molar-refractivity contribution < 1.29 is 13.9 Å². The zero-order valence-corrected chi connectivity index (χ0v) is 17.1. The number of esters is 1. The molecule has 0 saturated carbocycles. The fourth-order valence-corrected chi connectivity index (χ4v) is 3.58. The molecule has 0 saturated heterocycles. The van der Waals surface area contributed by atoms with Gasteiger partial charge in [-0.2, -0.15) is 9.65 Å². The topological polar surface area (TPSA) is 104 Å². The highest BCUT2D eigenvalue weighted by molar-refractivity contribution is 6.32. The van der Waals surface area contributed by atoms with E-state index < -0.39 is 11.9 Å². The molecule has 0 atom stereocenters. The molecule has 4 rings (SSSR count). The average Bonchev–Trinajstić information content (AvgIpc) is 2.78. The second kappa shape index (κ2) is 8.53. The number of pyridine rings is 1. The van der Waals surface area contributed by atoms with Crippen molar-refractivity contribution in [2.24, 2.45) is 0 Å². The second-order valence-corrected chi connectivity index (χ2v) is 7.15. The van der Waals surface area contributed by atoms with Crippen molar-refractivity contribution >= 4 is 34.9 Å². The summed E-state index contributed by atoms with van der Waals surface area (Å²) in [4.78, 5) is 26.1. The van der Waals surface area contributed by atoms with E-state index in [0.29, 0.717) is 35.9 Å². The number of ether oxygens (including phenoxy) is 1. The second-order valence-electron chi connectivity index (χ2n) is 6.75. The van der Waals surface area contributed by atoms with Crippen molar-refractivity contribution in [3.05, 3.63) is 70.0 Å². The molecule has 31 heavy (non-hydrogen) atoms. The maximum atomic E-state index is 14.1. The molecule has 156 valence electrons. The zero-order chi connectivity index (χ0) is 22.0. The van der Waals surface area contributed by atoms with Crippen molar-refractivity contribution in [3.8, 4) is 6.07 Å². The number of methoxy groups -OCH3 is 1. The Balaban J connectivity index is 1.56. The van der Waals surface area contributed by atoms with Crippen LogP contribution >= 0.6 is 11.6 Å². The molecular formula is C21H16ClFN6O2. The van der Waals surface area contributed by atoms with Crippen molar-refractivity contribution in [1.82, 2.24) is 15.0 Å². The highest BCUT2D eigenvalue weighted by atomic mass is 35.5. The van der Waals surface area contributed by atoms with E-state index in [2.05, 4.69) is 36.0 Å². The Kier molecular flexibility index (Phi) is 5.64. The highest BCUT2D eigenvalue weighted by Crippen LogP contribution is 2.30. The predicted molar refractivity (Wildman–Crippen MR) is 112 cm³/mol. The largest absolute Gasteiger partial charge is 0.465 e. The first kappa shape index (κ1) is 20.5. The molecule has 0 unspecified atom stereocenters. The number of halogens is 2. The number of nitrogens with zero attached hydrogens (tertiary/aromatic N) is 5. The molecule has 0 radical (unpaired) electrons. The highest BCUT2D eigenvalue weighted by Gasteiger charge is 2.22. The van der Waals surface area contributed by atoms with Crippen LogP contribution in [0.25, 0.3) is 0 Å². The van der Waals surface area contributed by atoms with Gasteiger partial charge in [0.25, 0.3) is 0 Å². The van der Waals surface area contributed by atoms with Crippen LogP contribution in [-0.4, -0.2) is 34.6 Å². The van der Waals surface area contributed by atoms with Crippen molar-refractivity contribution in [2.45, 2.75) is 13.0 Å². The molecular weight excluding hydrogens is 423 g/mol. The molecule has 2 aromatic heterocycles. The van der Waals surface area contributed by atoms with Crippen LogP contribution < -0.4 is 10.2 Å². The summed E-state index contributed by atoms with van der Waals surface area (Å²) in [5, 5.41) is 12.5. The van der Waals surface area contributed by atoms with Gasteiger partial charge in [-0.1, -0.05) is 11.6 Å². The van der Waals surface area contributed by atoms with Crippen LogP contribution in [0.4, 0.5) is 21.7 Å². The average molecular weight is 439 g/mol. The van der Waals surface area contributed by atoms with E-state index in [1.165, 1.54) is 25.6 Å².